The van der Waals surface area contributed by atoms with Gasteiger partial charge in [-0.2, -0.15) is 18.3 Å². The summed E-state index contributed by atoms with van der Waals surface area (Å²) in [4.78, 5) is 0. The number of nitrogens with zero attached hydrogens (tertiary/aromatic N) is 2. The number of alkyl halides is 3. The molecule has 0 bridgehead atoms. The largest absolute Gasteiger partial charge is 0.419 e. The number of rotatable bonds is 3. The van der Waals surface area contributed by atoms with Gasteiger partial charge < -0.3 is 5.32 Å². The highest BCUT2D eigenvalue weighted by molar-refractivity contribution is 9.10. The Morgan fingerprint density at radius 3 is 2.68 bits per heavy atom. The summed E-state index contributed by atoms with van der Waals surface area (Å²) >= 11 is 3.31. The van der Waals surface area contributed by atoms with E-state index < -0.39 is 11.7 Å². The first-order chi connectivity index (χ1) is 8.91. The fourth-order valence-corrected chi connectivity index (χ4v) is 2.04. The lowest BCUT2D eigenvalue weighted by Gasteiger charge is -2.10. The average molecular weight is 334 g/mol. The lowest BCUT2D eigenvalue weighted by atomic mass is 10.2. The van der Waals surface area contributed by atoms with E-state index in [1.807, 2.05) is 12.1 Å². The maximum absolute atomic E-state index is 12.6. The number of hydrogen-bond acceptors (Lipinski definition) is 2. The molecular formula is C12H11BrF3N3. The molecule has 0 saturated heterocycles. The molecule has 0 unspecified atom stereocenters. The lowest BCUT2D eigenvalue weighted by Crippen LogP contribution is -2.09. The number of hydrogen-bond donors (Lipinski definition) is 1. The van der Waals surface area contributed by atoms with Crippen molar-refractivity contribution >= 4 is 15.9 Å². The Hall–Kier alpha value is -1.34. The zero-order valence-corrected chi connectivity index (χ0v) is 11.6. The van der Waals surface area contributed by atoms with Crippen molar-refractivity contribution in [2.75, 3.05) is 7.05 Å². The Morgan fingerprint density at radius 2 is 2.11 bits per heavy atom. The van der Waals surface area contributed by atoms with Crippen LogP contribution in [0.1, 0.15) is 11.1 Å². The lowest BCUT2D eigenvalue weighted by molar-refractivity contribution is -0.137. The summed E-state index contributed by atoms with van der Waals surface area (Å²) in [6.07, 6.45) is -2.57. The van der Waals surface area contributed by atoms with E-state index in [9.17, 15) is 13.2 Å². The molecule has 0 aliphatic rings. The van der Waals surface area contributed by atoms with Gasteiger partial charge in [-0.05, 0) is 24.7 Å². The van der Waals surface area contributed by atoms with Gasteiger partial charge in [0.1, 0.15) is 0 Å². The topological polar surface area (TPSA) is 29.9 Å². The molecule has 1 N–H and O–H groups in total. The minimum Gasteiger partial charge on any atom is -0.316 e. The van der Waals surface area contributed by atoms with Gasteiger partial charge in [-0.25, -0.2) is 4.68 Å². The molecule has 0 atom stereocenters. The Kier molecular flexibility index (Phi) is 3.96. The summed E-state index contributed by atoms with van der Waals surface area (Å²) in [5, 5.41) is 6.76. The average Bonchev–Trinajstić information content (AvgIpc) is 2.80. The van der Waals surface area contributed by atoms with E-state index in [1.54, 1.807) is 13.1 Å². The SMILES string of the molecule is CNCc1ccc(Br)cc1-n1cc(C(F)(F)F)cn1. The van der Waals surface area contributed by atoms with Crippen LogP contribution in [0.25, 0.3) is 5.69 Å². The fraction of sp³-hybridized carbons (Fsp3) is 0.250. The van der Waals surface area contributed by atoms with Crippen LogP contribution in [-0.4, -0.2) is 16.8 Å². The number of nitrogens with one attached hydrogen (secondary N) is 1. The van der Waals surface area contributed by atoms with Crippen molar-refractivity contribution in [2.24, 2.45) is 0 Å². The highest BCUT2D eigenvalue weighted by atomic mass is 79.9. The van der Waals surface area contributed by atoms with Crippen molar-refractivity contribution in [3.05, 3.63) is 46.2 Å². The van der Waals surface area contributed by atoms with Crippen molar-refractivity contribution in [3.63, 3.8) is 0 Å². The second-order valence-electron chi connectivity index (χ2n) is 3.97. The van der Waals surface area contributed by atoms with Gasteiger partial charge in [0.05, 0.1) is 17.4 Å². The van der Waals surface area contributed by atoms with Crippen LogP contribution in [0.3, 0.4) is 0 Å². The standard InChI is InChI=1S/C12H11BrF3N3/c1-17-5-8-2-3-10(13)4-11(8)19-7-9(6-18-19)12(14,15)16/h2-4,6-7,17H,5H2,1H3. The maximum atomic E-state index is 12.6. The predicted octanol–water partition coefficient (Wildman–Crippen LogP) is 3.37. The Bertz CT molecular complexity index is 578. The van der Waals surface area contributed by atoms with Gasteiger partial charge in [-0.1, -0.05) is 22.0 Å². The summed E-state index contributed by atoms with van der Waals surface area (Å²) in [6.45, 7) is 0.545. The molecule has 7 heteroatoms. The molecule has 1 heterocycles. The van der Waals surface area contributed by atoms with Gasteiger partial charge in [-0.3, -0.25) is 0 Å². The third-order valence-electron chi connectivity index (χ3n) is 2.57. The van der Waals surface area contributed by atoms with Gasteiger partial charge in [0.15, 0.2) is 0 Å². The molecule has 0 amide bonds. The van der Waals surface area contributed by atoms with E-state index in [0.717, 1.165) is 22.4 Å². The number of halogens is 4. The molecule has 0 saturated carbocycles. The van der Waals surface area contributed by atoms with Gasteiger partial charge in [0, 0.05) is 17.2 Å². The van der Waals surface area contributed by atoms with E-state index in [1.165, 1.54) is 4.68 Å². The number of benzene rings is 1. The molecule has 19 heavy (non-hydrogen) atoms. The molecule has 0 aliphatic heterocycles. The first-order valence-electron chi connectivity index (χ1n) is 5.47. The molecule has 102 valence electrons. The molecule has 1 aromatic heterocycles. The Labute approximate surface area is 116 Å². The number of aromatic nitrogens is 2. The van der Waals surface area contributed by atoms with Crippen LogP contribution in [0.5, 0.6) is 0 Å². The van der Waals surface area contributed by atoms with Crippen molar-refractivity contribution in [2.45, 2.75) is 12.7 Å². The molecule has 0 radical (unpaired) electrons. The molecule has 0 spiro atoms. The van der Waals surface area contributed by atoms with Crippen LogP contribution in [0.15, 0.2) is 35.1 Å². The molecule has 2 aromatic rings. The molecule has 3 nitrogen and oxygen atoms in total. The van der Waals surface area contributed by atoms with Gasteiger partial charge >= 0.3 is 6.18 Å². The normalized spacial score (nSPS) is 11.8. The first-order valence-corrected chi connectivity index (χ1v) is 6.26. The van der Waals surface area contributed by atoms with Crippen LogP contribution >= 0.6 is 15.9 Å². The molecule has 1 aromatic carbocycles. The zero-order valence-electron chi connectivity index (χ0n) is 10.0. The van der Waals surface area contributed by atoms with E-state index in [2.05, 4.69) is 26.3 Å². The quantitative estimate of drug-likeness (QED) is 0.933. The predicted molar refractivity (Wildman–Crippen MR) is 69.0 cm³/mol. The van der Waals surface area contributed by atoms with Crippen LogP contribution in [0.2, 0.25) is 0 Å². The van der Waals surface area contributed by atoms with E-state index in [4.69, 9.17) is 0 Å². The van der Waals surface area contributed by atoms with E-state index in [-0.39, 0.29) is 0 Å². The second-order valence-corrected chi connectivity index (χ2v) is 4.89. The highest BCUT2D eigenvalue weighted by Crippen LogP contribution is 2.30. The second kappa shape index (κ2) is 5.34. The van der Waals surface area contributed by atoms with Gasteiger partial charge in [0.25, 0.3) is 0 Å². The Morgan fingerprint density at radius 1 is 1.37 bits per heavy atom. The Balaban J connectivity index is 2.46. The van der Waals surface area contributed by atoms with Crippen LogP contribution in [0.4, 0.5) is 13.2 Å². The smallest absolute Gasteiger partial charge is 0.316 e. The van der Waals surface area contributed by atoms with Gasteiger partial charge in [-0.15, -0.1) is 0 Å². The minimum atomic E-state index is -4.38. The van der Waals surface area contributed by atoms with Crippen LogP contribution in [-0.2, 0) is 12.7 Å². The van der Waals surface area contributed by atoms with Crippen molar-refractivity contribution in [1.82, 2.24) is 15.1 Å². The van der Waals surface area contributed by atoms with Crippen LogP contribution in [0, 0.1) is 0 Å². The molecule has 0 aliphatic carbocycles. The van der Waals surface area contributed by atoms with E-state index in [0.29, 0.717) is 12.2 Å². The maximum Gasteiger partial charge on any atom is 0.419 e. The van der Waals surface area contributed by atoms with Gasteiger partial charge in [0.2, 0.25) is 0 Å². The third kappa shape index (κ3) is 3.16. The summed E-state index contributed by atoms with van der Waals surface area (Å²) in [6, 6.07) is 5.41. The fourth-order valence-electron chi connectivity index (χ4n) is 1.69. The zero-order chi connectivity index (χ0) is 14.0. The van der Waals surface area contributed by atoms with Crippen LogP contribution < -0.4 is 5.32 Å². The molecule has 0 fully saturated rings. The molecular weight excluding hydrogens is 323 g/mol. The van der Waals surface area contributed by atoms with Crippen molar-refractivity contribution in [1.29, 1.82) is 0 Å². The highest BCUT2D eigenvalue weighted by Gasteiger charge is 2.32. The summed E-state index contributed by atoms with van der Waals surface area (Å²) in [7, 11) is 1.77. The van der Waals surface area contributed by atoms with E-state index >= 15 is 0 Å². The minimum absolute atomic E-state index is 0.545. The summed E-state index contributed by atoms with van der Waals surface area (Å²) < 4.78 is 39.7. The monoisotopic (exact) mass is 333 g/mol. The molecule has 2 rings (SSSR count). The summed E-state index contributed by atoms with van der Waals surface area (Å²) in [5.41, 5.74) is 0.713. The summed E-state index contributed by atoms with van der Waals surface area (Å²) in [5.74, 6) is 0. The third-order valence-corrected chi connectivity index (χ3v) is 3.06. The van der Waals surface area contributed by atoms with Crippen molar-refractivity contribution in [3.8, 4) is 5.69 Å². The first kappa shape index (κ1) is 14.1. The van der Waals surface area contributed by atoms with Crippen molar-refractivity contribution < 1.29 is 13.2 Å².